The van der Waals surface area contributed by atoms with Gasteiger partial charge in [0.05, 0.1) is 25.7 Å². The van der Waals surface area contributed by atoms with Crippen molar-refractivity contribution in [3.05, 3.63) is 23.8 Å². The molecule has 1 aromatic rings. The zero-order valence-electron chi connectivity index (χ0n) is 18.2. The van der Waals surface area contributed by atoms with Gasteiger partial charge in [0.15, 0.2) is 17.5 Å². The number of ether oxygens (including phenoxy) is 3. The maximum Gasteiger partial charge on any atom is 0.309 e. The number of hydrogen-bond donors (Lipinski definition) is 1. The highest BCUT2D eigenvalue weighted by Crippen LogP contribution is 2.28. The number of nitrogens with one attached hydrogen (secondary N) is 1. The molecule has 1 heterocycles. The Hall–Kier alpha value is -2.44. The molecule has 1 fully saturated rings. The molecular weight excluding hydrogens is 370 g/mol. The van der Waals surface area contributed by atoms with Crippen molar-refractivity contribution in [1.82, 2.24) is 10.2 Å². The fourth-order valence-corrected chi connectivity index (χ4v) is 3.49. The number of benzene rings is 1. The van der Waals surface area contributed by atoms with Gasteiger partial charge >= 0.3 is 5.97 Å². The summed E-state index contributed by atoms with van der Waals surface area (Å²) in [6.45, 7) is 9.83. The van der Waals surface area contributed by atoms with Gasteiger partial charge in [0.25, 0.3) is 0 Å². The Morgan fingerprint density at radius 2 is 1.79 bits per heavy atom. The first-order valence-electron chi connectivity index (χ1n) is 10.6. The van der Waals surface area contributed by atoms with Gasteiger partial charge in [0.2, 0.25) is 0 Å². The van der Waals surface area contributed by atoms with Crippen molar-refractivity contribution >= 4 is 11.9 Å². The summed E-state index contributed by atoms with van der Waals surface area (Å²) in [5.74, 6) is 2.38. The van der Waals surface area contributed by atoms with Crippen LogP contribution in [-0.2, 0) is 16.0 Å². The van der Waals surface area contributed by atoms with E-state index in [0.717, 1.165) is 56.4 Å². The molecule has 1 aromatic carbocycles. The summed E-state index contributed by atoms with van der Waals surface area (Å²) in [6.07, 6.45) is 2.46. The molecule has 0 radical (unpaired) electrons. The molecule has 1 N–H and O–H groups in total. The third kappa shape index (κ3) is 6.84. The number of hydrogen-bond acceptors (Lipinski definition) is 5. The van der Waals surface area contributed by atoms with E-state index in [1.54, 1.807) is 7.05 Å². The van der Waals surface area contributed by atoms with Crippen LogP contribution in [0.25, 0.3) is 0 Å². The molecule has 0 spiro atoms. The van der Waals surface area contributed by atoms with Crippen molar-refractivity contribution in [3.63, 3.8) is 0 Å². The van der Waals surface area contributed by atoms with Crippen LogP contribution in [0.15, 0.2) is 23.2 Å². The second-order valence-electron chi connectivity index (χ2n) is 6.88. The highest BCUT2D eigenvalue weighted by Gasteiger charge is 2.27. The third-order valence-corrected chi connectivity index (χ3v) is 4.93. The average Bonchev–Trinajstić information content (AvgIpc) is 2.73. The molecule has 0 aliphatic carbocycles. The van der Waals surface area contributed by atoms with Crippen LogP contribution in [0.4, 0.5) is 0 Å². The predicted molar refractivity (Wildman–Crippen MR) is 115 cm³/mol. The maximum atomic E-state index is 11.9. The van der Waals surface area contributed by atoms with E-state index in [0.29, 0.717) is 19.8 Å². The highest BCUT2D eigenvalue weighted by molar-refractivity contribution is 5.80. The van der Waals surface area contributed by atoms with Crippen molar-refractivity contribution in [3.8, 4) is 11.5 Å². The molecule has 0 aromatic heterocycles. The Balaban J connectivity index is 1.84. The van der Waals surface area contributed by atoms with Crippen LogP contribution >= 0.6 is 0 Å². The molecule has 0 atom stereocenters. The number of guanidine groups is 1. The number of carbonyl (C=O) groups excluding carboxylic acids is 1. The van der Waals surface area contributed by atoms with Crippen LogP contribution in [0.1, 0.15) is 39.2 Å². The number of piperidine rings is 1. The standard InChI is InChI=1S/C22H35N3O4/c1-5-27-19-9-8-17(16-20(19)28-6-2)10-13-24-22(23-4)25-14-11-18(12-15-25)21(26)29-7-3/h8-9,16,18H,5-7,10-15H2,1-4H3,(H,23,24). The van der Waals surface area contributed by atoms with Gasteiger partial charge in [-0.3, -0.25) is 9.79 Å². The SMILES string of the molecule is CCOC(=O)C1CCN(C(=NC)NCCc2ccc(OCC)c(OCC)c2)CC1. The van der Waals surface area contributed by atoms with Gasteiger partial charge in [-0.05, 0) is 57.7 Å². The van der Waals surface area contributed by atoms with Gasteiger partial charge in [-0.15, -0.1) is 0 Å². The van der Waals surface area contributed by atoms with Crippen LogP contribution in [0, 0.1) is 5.92 Å². The minimum atomic E-state index is -0.0734. The van der Waals surface area contributed by atoms with Crippen LogP contribution < -0.4 is 14.8 Å². The first-order chi connectivity index (χ1) is 14.1. The van der Waals surface area contributed by atoms with E-state index in [9.17, 15) is 4.79 Å². The molecule has 1 saturated heterocycles. The Bertz CT molecular complexity index is 670. The number of esters is 1. The summed E-state index contributed by atoms with van der Waals surface area (Å²) in [5.41, 5.74) is 1.18. The summed E-state index contributed by atoms with van der Waals surface area (Å²) >= 11 is 0. The molecule has 162 valence electrons. The first kappa shape index (κ1) is 22.8. The molecule has 1 aliphatic heterocycles. The number of likely N-dealkylation sites (tertiary alicyclic amines) is 1. The van der Waals surface area contributed by atoms with Gasteiger partial charge in [-0.25, -0.2) is 0 Å². The molecule has 2 rings (SSSR count). The first-order valence-corrected chi connectivity index (χ1v) is 10.6. The van der Waals surface area contributed by atoms with Gasteiger partial charge in [-0.1, -0.05) is 6.07 Å². The van der Waals surface area contributed by atoms with Crippen LogP contribution in [0.2, 0.25) is 0 Å². The minimum absolute atomic E-state index is 0.00477. The van der Waals surface area contributed by atoms with Crippen molar-refractivity contribution < 1.29 is 19.0 Å². The van der Waals surface area contributed by atoms with Crippen molar-refractivity contribution in [2.45, 2.75) is 40.0 Å². The molecule has 0 unspecified atom stereocenters. The lowest BCUT2D eigenvalue weighted by Crippen LogP contribution is -2.47. The molecule has 7 heteroatoms. The van der Waals surface area contributed by atoms with Crippen molar-refractivity contribution in [1.29, 1.82) is 0 Å². The molecular formula is C22H35N3O4. The summed E-state index contributed by atoms with van der Waals surface area (Å²) in [5, 5.41) is 3.44. The lowest BCUT2D eigenvalue weighted by Gasteiger charge is -2.33. The fourth-order valence-electron chi connectivity index (χ4n) is 3.49. The minimum Gasteiger partial charge on any atom is -0.490 e. The van der Waals surface area contributed by atoms with Crippen LogP contribution in [0.5, 0.6) is 11.5 Å². The van der Waals surface area contributed by atoms with Gasteiger partial charge in [0.1, 0.15) is 0 Å². The number of nitrogens with zero attached hydrogens (tertiary/aromatic N) is 2. The topological polar surface area (TPSA) is 72.4 Å². The normalized spacial score (nSPS) is 15.2. The van der Waals surface area contributed by atoms with Crippen molar-refractivity contribution in [2.24, 2.45) is 10.9 Å². The van der Waals surface area contributed by atoms with Crippen molar-refractivity contribution in [2.75, 3.05) is 46.5 Å². The lowest BCUT2D eigenvalue weighted by atomic mass is 9.97. The Labute approximate surface area is 174 Å². The van der Waals surface area contributed by atoms with E-state index in [-0.39, 0.29) is 11.9 Å². The largest absolute Gasteiger partial charge is 0.490 e. The second-order valence-corrected chi connectivity index (χ2v) is 6.88. The van der Waals surface area contributed by atoms with E-state index in [4.69, 9.17) is 14.2 Å². The Morgan fingerprint density at radius 1 is 1.10 bits per heavy atom. The van der Waals surface area contributed by atoms with Gasteiger partial charge in [-0.2, -0.15) is 0 Å². The number of aliphatic imine (C=N–C) groups is 1. The molecule has 29 heavy (non-hydrogen) atoms. The summed E-state index contributed by atoms with van der Waals surface area (Å²) < 4.78 is 16.5. The van der Waals surface area contributed by atoms with Gasteiger partial charge < -0.3 is 24.4 Å². The molecule has 7 nitrogen and oxygen atoms in total. The molecule has 1 aliphatic rings. The summed E-state index contributed by atoms with van der Waals surface area (Å²) in [4.78, 5) is 18.5. The fraction of sp³-hybridized carbons (Fsp3) is 0.636. The predicted octanol–water partition coefficient (Wildman–Crippen LogP) is 2.88. The van der Waals surface area contributed by atoms with E-state index >= 15 is 0 Å². The zero-order valence-corrected chi connectivity index (χ0v) is 18.2. The second kappa shape index (κ2) is 12.2. The average molecular weight is 406 g/mol. The quantitative estimate of drug-likeness (QED) is 0.387. The third-order valence-electron chi connectivity index (χ3n) is 4.93. The smallest absolute Gasteiger partial charge is 0.309 e. The van der Waals surface area contributed by atoms with E-state index in [1.165, 1.54) is 5.56 Å². The number of carbonyl (C=O) groups is 1. The lowest BCUT2D eigenvalue weighted by molar-refractivity contribution is -0.149. The van der Waals surface area contributed by atoms with Crippen LogP contribution in [0.3, 0.4) is 0 Å². The Morgan fingerprint density at radius 3 is 2.41 bits per heavy atom. The van der Waals surface area contributed by atoms with Gasteiger partial charge in [0, 0.05) is 26.7 Å². The van der Waals surface area contributed by atoms with E-state index in [1.807, 2.05) is 32.9 Å². The highest BCUT2D eigenvalue weighted by atomic mass is 16.5. The monoisotopic (exact) mass is 405 g/mol. The maximum absolute atomic E-state index is 11.9. The van der Waals surface area contributed by atoms with E-state index < -0.39 is 0 Å². The molecule has 0 bridgehead atoms. The number of rotatable bonds is 9. The Kier molecular flexibility index (Phi) is 9.60. The van der Waals surface area contributed by atoms with E-state index in [2.05, 4.69) is 21.3 Å². The zero-order chi connectivity index (χ0) is 21.1. The summed E-state index contributed by atoms with van der Waals surface area (Å²) in [6, 6.07) is 6.09. The molecule has 0 amide bonds. The van der Waals surface area contributed by atoms with Crippen LogP contribution in [-0.4, -0.2) is 63.3 Å². The summed E-state index contributed by atoms with van der Waals surface area (Å²) in [7, 11) is 1.80. The molecule has 0 saturated carbocycles.